The van der Waals surface area contributed by atoms with Gasteiger partial charge in [0.2, 0.25) is 0 Å². The fourth-order valence-corrected chi connectivity index (χ4v) is 6.58. The molecule has 2 aromatic rings. The van der Waals surface area contributed by atoms with Crippen molar-refractivity contribution in [2.75, 3.05) is 6.61 Å². The van der Waals surface area contributed by atoms with Crippen molar-refractivity contribution >= 4 is 5.97 Å². The van der Waals surface area contributed by atoms with E-state index in [0.29, 0.717) is 6.61 Å². The average molecular weight is 401 g/mol. The number of rotatable bonds is 4. The van der Waals surface area contributed by atoms with Gasteiger partial charge in [0.05, 0.1) is 12.2 Å². The fourth-order valence-electron chi connectivity index (χ4n) is 6.58. The monoisotopic (exact) mass is 400 g/mol. The number of carboxylic acid groups (broad SMARTS) is 1. The molecule has 2 aromatic carbocycles. The molecule has 4 aliphatic rings. The van der Waals surface area contributed by atoms with Crippen LogP contribution in [0, 0.1) is 29.6 Å². The SMILES string of the molecule is CCOc1ccc(C#Cc2ccc(C(=O)O)cc2)cc1C12CC3CC(CC(C3)C1)C2. The van der Waals surface area contributed by atoms with E-state index in [1.54, 1.807) is 24.3 Å². The highest BCUT2D eigenvalue weighted by Crippen LogP contribution is 2.61. The van der Waals surface area contributed by atoms with E-state index in [2.05, 4.69) is 30.9 Å². The molecule has 0 aromatic heterocycles. The second-order valence-corrected chi connectivity index (χ2v) is 9.47. The summed E-state index contributed by atoms with van der Waals surface area (Å²) in [5.74, 6) is 9.26. The zero-order valence-corrected chi connectivity index (χ0v) is 17.5. The van der Waals surface area contributed by atoms with Crippen LogP contribution in [0.2, 0.25) is 0 Å². The van der Waals surface area contributed by atoms with E-state index in [9.17, 15) is 4.79 Å². The Kier molecular flexibility index (Phi) is 4.82. The summed E-state index contributed by atoms with van der Waals surface area (Å²) < 4.78 is 6.08. The van der Waals surface area contributed by atoms with Gasteiger partial charge < -0.3 is 9.84 Å². The van der Waals surface area contributed by atoms with E-state index in [0.717, 1.165) is 34.6 Å². The Morgan fingerprint density at radius 2 is 1.53 bits per heavy atom. The molecule has 0 heterocycles. The van der Waals surface area contributed by atoms with Crippen LogP contribution in [-0.4, -0.2) is 17.7 Å². The van der Waals surface area contributed by atoms with Gasteiger partial charge >= 0.3 is 5.97 Å². The maximum absolute atomic E-state index is 11.0. The third kappa shape index (κ3) is 3.49. The first-order valence-corrected chi connectivity index (χ1v) is 11.2. The van der Waals surface area contributed by atoms with E-state index in [1.165, 1.54) is 44.1 Å². The zero-order chi connectivity index (χ0) is 20.7. The van der Waals surface area contributed by atoms with Gasteiger partial charge in [-0.25, -0.2) is 4.79 Å². The number of carbonyl (C=O) groups is 1. The largest absolute Gasteiger partial charge is 0.494 e. The summed E-state index contributed by atoms with van der Waals surface area (Å²) in [7, 11) is 0. The number of hydrogen-bond donors (Lipinski definition) is 1. The molecule has 30 heavy (non-hydrogen) atoms. The first kappa shape index (κ1) is 19.2. The third-order valence-corrected chi connectivity index (χ3v) is 7.37. The second kappa shape index (κ2) is 7.51. The molecule has 4 aliphatic carbocycles. The van der Waals surface area contributed by atoms with E-state index in [4.69, 9.17) is 9.84 Å². The van der Waals surface area contributed by atoms with Crippen LogP contribution in [0.25, 0.3) is 0 Å². The molecule has 154 valence electrons. The lowest BCUT2D eigenvalue weighted by Gasteiger charge is -2.57. The van der Waals surface area contributed by atoms with Crippen molar-refractivity contribution < 1.29 is 14.6 Å². The first-order valence-electron chi connectivity index (χ1n) is 11.2. The van der Waals surface area contributed by atoms with Crippen LogP contribution in [0.4, 0.5) is 0 Å². The van der Waals surface area contributed by atoms with Gasteiger partial charge in [0.15, 0.2) is 0 Å². The Morgan fingerprint density at radius 3 is 2.10 bits per heavy atom. The van der Waals surface area contributed by atoms with Crippen LogP contribution in [0.1, 0.15) is 72.5 Å². The van der Waals surface area contributed by atoms with Gasteiger partial charge in [-0.05, 0) is 111 Å². The summed E-state index contributed by atoms with van der Waals surface area (Å²) in [5, 5.41) is 9.05. The van der Waals surface area contributed by atoms with Crippen molar-refractivity contribution in [3.8, 4) is 17.6 Å². The normalized spacial score (nSPS) is 28.6. The molecule has 0 aliphatic heterocycles. The highest BCUT2D eigenvalue weighted by atomic mass is 16.5. The minimum Gasteiger partial charge on any atom is -0.494 e. The molecule has 1 N–H and O–H groups in total. The number of carboxylic acids is 1. The molecular formula is C27H28O3. The standard InChI is InChI=1S/C27H28O3/c1-2-30-25-10-7-19(4-3-18-5-8-23(9-6-18)26(28)29)14-24(25)27-15-20-11-21(16-27)13-22(12-20)17-27/h5-10,14,20-22H,2,11-13,15-17H2,1H3,(H,28,29). The van der Waals surface area contributed by atoms with Crippen LogP contribution in [0.3, 0.4) is 0 Å². The Bertz CT molecular complexity index is 987. The summed E-state index contributed by atoms with van der Waals surface area (Å²) in [6, 6.07) is 13.2. The Labute approximate surface area is 178 Å². The highest BCUT2D eigenvalue weighted by Gasteiger charge is 2.52. The molecule has 0 atom stereocenters. The van der Waals surface area contributed by atoms with Crippen molar-refractivity contribution in [3.05, 3.63) is 64.7 Å². The third-order valence-electron chi connectivity index (χ3n) is 7.37. The van der Waals surface area contributed by atoms with Gasteiger partial charge in [-0.2, -0.15) is 0 Å². The topological polar surface area (TPSA) is 46.5 Å². The highest BCUT2D eigenvalue weighted by molar-refractivity contribution is 5.87. The second-order valence-electron chi connectivity index (χ2n) is 9.47. The van der Waals surface area contributed by atoms with E-state index < -0.39 is 5.97 Å². The molecule has 6 rings (SSSR count). The fraction of sp³-hybridized carbons (Fsp3) is 0.444. The summed E-state index contributed by atoms with van der Waals surface area (Å²) in [6.45, 7) is 2.73. The summed E-state index contributed by atoms with van der Waals surface area (Å²) in [5.41, 5.74) is 3.75. The summed E-state index contributed by atoms with van der Waals surface area (Å²) in [6.07, 6.45) is 8.17. The summed E-state index contributed by atoms with van der Waals surface area (Å²) >= 11 is 0. The van der Waals surface area contributed by atoms with Gasteiger partial charge in [-0.1, -0.05) is 11.8 Å². The lowest BCUT2D eigenvalue weighted by Crippen LogP contribution is -2.48. The van der Waals surface area contributed by atoms with Crippen molar-refractivity contribution in [2.45, 2.75) is 50.9 Å². The minimum absolute atomic E-state index is 0.264. The molecule has 4 saturated carbocycles. The minimum atomic E-state index is -0.916. The molecule has 4 fully saturated rings. The predicted molar refractivity (Wildman–Crippen MR) is 117 cm³/mol. The lowest BCUT2D eigenvalue weighted by molar-refractivity contribution is -0.00634. The lowest BCUT2D eigenvalue weighted by atomic mass is 9.48. The molecule has 0 saturated heterocycles. The van der Waals surface area contributed by atoms with Gasteiger partial charge in [0.1, 0.15) is 5.75 Å². The van der Waals surface area contributed by atoms with Crippen LogP contribution in [-0.2, 0) is 5.41 Å². The van der Waals surface area contributed by atoms with Gasteiger partial charge in [-0.15, -0.1) is 0 Å². The number of aromatic carboxylic acids is 1. The summed E-state index contributed by atoms with van der Waals surface area (Å²) in [4.78, 5) is 11.0. The molecule has 4 bridgehead atoms. The van der Waals surface area contributed by atoms with E-state index in [-0.39, 0.29) is 11.0 Å². The maximum Gasteiger partial charge on any atom is 0.335 e. The zero-order valence-electron chi connectivity index (χ0n) is 17.5. The van der Waals surface area contributed by atoms with Gasteiger partial charge in [0, 0.05) is 16.7 Å². The van der Waals surface area contributed by atoms with Crippen molar-refractivity contribution in [2.24, 2.45) is 17.8 Å². The predicted octanol–water partition coefficient (Wildman–Crippen LogP) is 5.65. The van der Waals surface area contributed by atoms with Gasteiger partial charge in [-0.3, -0.25) is 0 Å². The van der Waals surface area contributed by atoms with Crippen LogP contribution < -0.4 is 4.74 Å². The molecular weight excluding hydrogens is 372 g/mol. The maximum atomic E-state index is 11.0. The number of benzene rings is 2. The Hall–Kier alpha value is -2.73. The molecule has 0 spiro atoms. The van der Waals surface area contributed by atoms with Crippen molar-refractivity contribution in [1.29, 1.82) is 0 Å². The van der Waals surface area contributed by atoms with Crippen LogP contribution in [0.15, 0.2) is 42.5 Å². The average Bonchev–Trinajstić information content (AvgIpc) is 2.72. The Balaban J connectivity index is 1.48. The van der Waals surface area contributed by atoms with Gasteiger partial charge in [0.25, 0.3) is 0 Å². The smallest absolute Gasteiger partial charge is 0.335 e. The molecule has 3 nitrogen and oxygen atoms in total. The molecule has 0 amide bonds. The van der Waals surface area contributed by atoms with Crippen LogP contribution in [0.5, 0.6) is 5.75 Å². The van der Waals surface area contributed by atoms with E-state index in [1.807, 2.05) is 6.07 Å². The number of hydrogen-bond acceptors (Lipinski definition) is 2. The quantitative estimate of drug-likeness (QED) is 0.675. The van der Waals surface area contributed by atoms with E-state index >= 15 is 0 Å². The first-order chi connectivity index (χ1) is 14.5. The molecule has 0 unspecified atom stereocenters. The molecule has 0 radical (unpaired) electrons. The van der Waals surface area contributed by atoms with Crippen molar-refractivity contribution in [3.63, 3.8) is 0 Å². The number of ether oxygens (including phenoxy) is 1. The van der Waals surface area contributed by atoms with Crippen LogP contribution >= 0.6 is 0 Å². The Morgan fingerprint density at radius 1 is 0.967 bits per heavy atom. The van der Waals surface area contributed by atoms with Crippen molar-refractivity contribution in [1.82, 2.24) is 0 Å². The molecule has 3 heteroatoms.